The van der Waals surface area contributed by atoms with Crippen LogP contribution in [0.2, 0.25) is 5.02 Å². The van der Waals surface area contributed by atoms with E-state index in [0.29, 0.717) is 0 Å². The molecule has 0 bridgehead atoms. The first-order valence-corrected chi connectivity index (χ1v) is 7.47. The molecule has 1 aromatic carbocycles. The number of hydrogen-bond donors (Lipinski definition) is 1. The molecule has 0 unspecified atom stereocenters. The third-order valence-electron chi connectivity index (χ3n) is 3.92. The number of benzene rings is 1. The van der Waals surface area contributed by atoms with Crippen molar-refractivity contribution in [3.05, 3.63) is 46.9 Å². The van der Waals surface area contributed by atoms with Gasteiger partial charge < -0.3 is 9.73 Å². The maximum Gasteiger partial charge on any atom is 0.158 e. The molecule has 2 aromatic rings. The summed E-state index contributed by atoms with van der Waals surface area (Å²) in [5.41, 5.74) is 0.809. The number of quaternary nitrogens is 1. The quantitative estimate of drug-likeness (QED) is 0.914. The Bertz CT molecular complexity index is 590. The Morgan fingerprint density at radius 3 is 2.75 bits per heavy atom. The summed E-state index contributed by atoms with van der Waals surface area (Å²) in [4.78, 5) is 0. The Hall–Kier alpha value is -1.32. The second-order valence-corrected chi connectivity index (χ2v) is 5.79. The maximum absolute atomic E-state index is 13.1. The van der Waals surface area contributed by atoms with Crippen LogP contribution in [0, 0.1) is 5.82 Å². The van der Waals surface area contributed by atoms with Crippen molar-refractivity contribution in [1.29, 1.82) is 0 Å². The molecule has 1 aromatic heterocycles. The smallest absolute Gasteiger partial charge is 0.158 e. The zero-order valence-electron chi connectivity index (χ0n) is 11.2. The van der Waals surface area contributed by atoms with E-state index in [4.69, 9.17) is 16.0 Å². The van der Waals surface area contributed by atoms with Crippen molar-refractivity contribution < 1.29 is 14.1 Å². The fourth-order valence-corrected chi connectivity index (χ4v) is 2.95. The van der Waals surface area contributed by atoms with Crippen LogP contribution < -0.4 is 5.32 Å². The van der Waals surface area contributed by atoms with Gasteiger partial charge >= 0.3 is 0 Å². The van der Waals surface area contributed by atoms with Crippen LogP contribution in [0.4, 0.5) is 4.39 Å². The molecule has 0 atom stereocenters. The molecule has 1 heterocycles. The van der Waals surface area contributed by atoms with E-state index in [2.05, 4.69) is 5.32 Å². The Kier molecular flexibility index (Phi) is 4.08. The third-order valence-corrected chi connectivity index (χ3v) is 4.21. The van der Waals surface area contributed by atoms with E-state index < -0.39 is 5.82 Å². The highest BCUT2D eigenvalue weighted by Crippen LogP contribution is 2.26. The number of nitrogens with two attached hydrogens (primary N) is 1. The van der Waals surface area contributed by atoms with Crippen LogP contribution in [0.3, 0.4) is 0 Å². The first kappa shape index (κ1) is 13.7. The number of hydrogen-bond acceptors (Lipinski definition) is 1. The van der Waals surface area contributed by atoms with Crippen LogP contribution >= 0.6 is 11.6 Å². The Morgan fingerprint density at radius 2 is 2.00 bits per heavy atom. The highest BCUT2D eigenvalue weighted by molar-refractivity contribution is 6.31. The molecule has 0 amide bonds. The molecular formula is C16H18ClFNO+. The number of halogens is 2. The van der Waals surface area contributed by atoms with Gasteiger partial charge in [0.25, 0.3) is 0 Å². The molecule has 1 aliphatic carbocycles. The molecule has 2 nitrogen and oxygen atoms in total. The summed E-state index contributed by atoms with van der Waals surface area (Å²) in [5, 5.41) is 2.48. The molecule has 106 valence electrons. The predicted molar refractivity (Wildman–Crippen MR) is 77.0 cm³/mol. The van der Waals surface area contributed by atoms with Crippen molar-refractivity contribution >= 4 is 11.6 Å². The molecule has 1 fully saturated rings. The highest BCUT2D eigenvalue weighted by atomic mass is 35.5. The molecule has 3 rings (SSSR count). The Morgan fingerprint density at radius 1 is 1.20 bits per heavy atom. The molecule has 1 saturated carbocycles. The summed E-state index contributed by atoms with van der Waals surface area (Å²) < 4.78 is 19.0. The molecule has 1 aliphatic rings. The van der Waals surface area contributed by atoms with Crippen molar-refractivity contribution in [2.45, 2.75) is 38.3 Å². The van der Waals surface area contributed by atoms with Gasteiger partial charge in [-0.3, -0.25) is 0 Å². The van der Waals surface area contributed by atoms with Gasteiger partial charge in [0.1, 0.15) is 18.1 Å². The third kappa shape index (κ3) is 3.05. The summed E-state index contributed by atoms with van der Waals surface area (Å²) in [6.07, 6.45) is 5.31. The number of rotatable bonds is 4. The lowest BCUT2D eigenvalue weighted by atomic mass is 10.2. The van der Waals surface area contributed by atoms with Gasteiger partial charge in [0, 0.05) is 5.56 Å². The van der Waals surface area contributed by atoms with E-state index >= 15 is 0 Å². The Labute approximate surface area is 122 Å². The largest absolute Gasteiger partial charge is 0.455 e. The van der Waals surface area contributed by atoms with Crippen molar-refractivity contribution in [3.63, 3.8) is 0 Å². The van der Waals surface area contributed by atoms with Crippen LogP contribution in [0.1, 0.15) is 31.4 Å². The second kappa shape index (κ2) is 5.98. The van der Waals surface area contributed by atoms with E-state index in [0.717, 1.165) is 29.7 Å². The average molecular weight is 295 g/mol. The van der Waals surface area contributed by atoms with E-state index in [9.17, 15) is 4.39 Å². The lowest BCUT2D eigenvalue weighted by Gasteiger charge is -2.06. The predicted octanol–water partition coefficient (Wildman–Crippen LogP) is 3.75. The summed E-state index contributed by atoms with van der Waals surface area (Å²) in [6, 6.07) is 9.29. The molecule has 4 heteroatoms. The zero-order chi connectivity index (χ0) is 13.9. The second-order valence-electron chi connectivity index (χ2n) is 5.38. The van der Waals surface area contributed by atoms with Gasteiger partial charge in [-0.1, -0.05) is 11.6 Å². The molecule has 2 N–H and O–H groups in total. The molecule has 0 spiro atoms. The van der Waals surface area contributed by atoms with Crippen LogP contribution in [0.5, 0.6) is 0 Å². The summed E-state index contributed by atoms with van der Waals surface area (Å²) in [7, 11) is 0. The minimum Gasteiger partial charge on any atom is -0.455 e. The van der Waals surface area contributed by atoms with Gasteiger partial charge in [0.15, 0.2) is 5.76 Å². The summed E-state index contributed by atoms with van der Waals surface area (Å²) in [6.45, 7) is 0.861. The molecule has 0 aliphatic heterocycles. The molecule has 20 heavy (non-hydrogen) atoms. The van der Waals surface area contributed by atoms with E-state index in [1.54, 1.807) is 12.1 Å². The summed E-state index contributed by atoms with van der Waals surface area (Å²) in [5.74, 6) is 1.28. The van der Waals surface area contributed by atoms with Crippen molar-refractivity contribution in [1.82, 2.24) is 0 Å². The van der Waals surface area contributed by atoms with Crippen molar-refractivity contribution in [2.75, 3.05) is 0 Å². The van der Waals surface area contributed by atoms with E-state index in [1.165, 1.54) is 31.7 Å². The standard InChI is InChI=1S/C16H17ClFNO/c17-14-9-11(5-7-15(14)18)16-8-6-13(20-16)10-19-12-3-1-2-4-12/h5-9,12,19H,1-4,10H2/p+1. The lowest BCUT2D eigenvalue weighted by Crippen LogP contribution is -2.87. The van der Waals surface area contributed by atoms with Crippen LogP contribution in [0.25, 0.3) is 11.3 Å². The van der Waals surface area contributed by atoms with Crippen LogP contribution in [-0.2, 0) is 6.54 Å². The normalized spacial score (nSPS) is 15.9. The fraction of sp³-hybridized carbons (Fsp3) is 0.375. The molecular weight excluding hydrogens is 277 g/mol. The highest BCUT2D eigenvalue weighted by Gasteiger charge is 2.18. The first-order valence-electron chi connectivity index (χ1n) is 7.10. The summed E-state index contributed by atoms with van der Waals surface area (Å²) >= 11 is 5.79. The van der Waals surface area contributed by atoms with Gasteiger partial charge in [-0.15, -0.1) is 0 Å². The van der Waals surface area contributed by atoms with Gasteiger partial charge in [-0.05, 0) is 56.0 Å². The van der Waals surface area contributed by atoms with Crippen LogP contribution in [-0.4, -0.2) is 6.04 Å². The maximum atomic E-state index is 13.1. The van der Waals surface area contributed by atoms with Crippen molar-refractivity contribution in [3.8, 4) is 11.3 Å². The monoisotopic (exact) mass is 294 g/mol. The Balaban J connectivity index is 1.67. The zero-order valence-corrected chi connectivity index (χ0v) is 12.0. The lowest BCUT2D eigenvalue weighted by molar-refractivity contribution is -0.704. The minimum atomic E-state index is -0.406. The molecule has 0 radical (unpaired) electrons. The van der Waals surface area contributed by atoms with E-state index in [1.807, 2.05) is 12.1 Å². The van der Waals surface area contributed by atoms with Gasteiger partial charge in [-0.25, -0.2) is 4.39 Å². The van der Waals surface area contributed by atoms with Crippen molar-refractivity contribution in [2.24, 2.45) is 0 Å². The van der Waals surface area contributed by atoms with Gasteiger partial charge in [-0.2, -0.15) is 0 Å². The molecule has 0 saturated heterocycles. The first-order chi connectivity index (χ1) is 9.72. The SMILES string of the molecule is Fc1ccc(-c2ccc(C[NH2+]C3CCCC3)o2)cc1Cl. The fourth-order valence-electron chi connectivity index (χ4n) is 2.77. The van der Waals surface area contributed by atoms with Gasteiger partial charge in [0.05, 0.1) is 11.1 Å². The van der Waals surface area contributed by atoms with Crippen LogP contribution in [0.15, 0.2) is 34.7 Å². The minimum absolute atomic E-state index is 0.123. The van der Waals surface area contributed by atoms with E-state index in [-0.39, 0.29) is 5.02 Å². The topological polar surface area (TPSA) is 29.8 Å². The number of furan rings is 1. The average Bonchev–Trinajstić information content (AvgIpc) is 3.10. The van der Waals surface area contributed by atoms with Gasteiger partial charge in [0.2, 0.25) is 0 Å².